The molecule has 2 saturated heterocycles. The third-order valence-electron chi connectivity index (χ3n) is 4.81. The van der Waals surface area contributed by atoms with Crippen LogP contribution in [0.25, 0.3) is 0 Å². The molecule has 2 heterocycles. The average molecular weight is 372 g/mol. The topological polar surface area (TPSA) is 108 Å². The molecule has 1 unspecified atom stereocenters. The Morgan fingerprint density at radius 2 is 2.08 bits per heavy atom. The van der Waals surface area contributed by atoms with Crippen molar-refractivity contribution in [1.82, 2.24) is 16.0 Å². The third kappa shape index (κ3) is 6.09. The highest BCUT2D eigenvalue weighted by molar-refractivity contribution is 8.00. The predicted molar refractivity (Wildman–Crippen MR) is 97.7 cm³/mol. The molecule has 142 valence electrons. The van der Waals surface area contributed by atoms with Crippen molar-refractivity contribution >= 4 is 29.7 Å². The van der Waals surface area contributed by atoms with Crippen LogP contribution >= 0.6 is 11.8 Å². The number of thioether (sulfide) groups is 1. The fourth-order valence-corrected chi connectivity index (χ4v) is 4.94. The molecule has 0 bridgehead atoms. The van der Waals surface area contributed by atoms with Crippen molar-refractivity contribution in [2.24, 2.45) is 0 Å². The van der Waals surface area contributed by atoms with Crippen LogP contribution in [0.3, 0.4) is 0 Å². The lowest BCUT2D eigenvalue weighted by Gasteiger charge is -2.17. The van der Waals surface area contributed by atoms with Crippen molar-refractivity contribution in [3.05, 3.63) is 0 Å². The van der Waals surface area contributed by atoms with Crippen molar-refractivity contribution < 1.29 is 19.5 Å². The summed E-state index contributed by atoms with van der Waals surface area (Å²) in [6.45, 7) is 2.06. The molecule has 8 heteroatoms. The van der Waals surface area contributed by atoms with E-state index in [1.807, 2.05) is 11.8 Å². The van der Waals surface area contributed by atoms with E-state index in [1.165, 1.54) is 0 Å². The van der Waals surface area contributed by atoms with Crippen LogP contribution in [0, 0.1) is 0 Å². The second kappa shape index (κ2) is 9.89. The standard InChI is InChI=1S/C17H29N3O4S/c1-2-3-4-7-11(16(22)23)18-14(21)9-6-5-8-13-15-12(10-25-13)19-17(24)20-15/h11-13,15H,2-10H2,1H3,(H,18,21)(H,22,23)(H2,19,20,24)/t11?,12-,13-,15-/m0/s1. The number of fused-ring (bicyclic) bond motifs is 1. The summed E-state index contributed by atoms with van der Waals surface area (Å²) in [5, 5.41) is 18.1. The smallest absolute Gasteiger partial charge is 0.326 e. The molecule has 0 aromatic heterocycles. The first-order valence-corrected chi connectivity index (χ1v) is 10.3. The van der Waals surface area contributed by atoms with Crippen LogP contribution in [0.2, 0.25) is 0 Å². The fraction of sp³-hybridized carbons (Fsp3) is 0.824. The van der Waals surface area contributed by atoms with Crippen LogP contribution in [0.4, 0.5) is 4.79 Å². The van der Waals surface area contributed by atoms with Crippen LogP contribution in [-0.2, 0) is 9.59 Å². The monoisotopic (exact) mass is 371 g/mol. The highest BCUT2D eigenvalue weighted by Gasteiger charge is 2.42. The number of aliphatic carboxylic acids is 1. The average Bonchev–Trinajstić information content (AvgIpc) is 3.10. The molecule has 0 aromatic rings. The normalized spacial score (nSPS) is 25.8. The lowest BCUT2D eigenvalue weighted by molar-refractivity contribution is -0.142. The van der Waals surface area contributed by atoms with Crippen LogP contribution in [-0.4, -0.2) is 52.1 Å². The molecule has 25 heavy (non-hydrogen) atoms. The van der Waals surface area contributed by atoms with Gasteiger partial charge in [-0.3, -0.25) is 4.79 Å². The van der Waals surface area contributed by atoms with E-state index in [2.05, 4.69) is 22.9 Å². The molecule has 2 aliphatic heterocycles. The lowest BCUT2D eigenvalue weighted by Crippen LogP contribution is -2.40. The van der Waals surface area contributed by atoms with Crippen molar-refractivity contribution in [3.8, 4) is 0 Å². The summed E-state index contributed by atoms with van der Waals surface area (Å²) in [5.74, 6) is -0.203. The quantitative estimate of drug-likeness (QED) is 0.328. The molecule has 3 amide bonds. The molecular weight excluding hydrogens is 342 g/mol. The number of hydrogen-bond acceptors (Lipinski definition) is 4. The number of carbonyl (C=O) groups excluding carboxylic acids is 2. The first-order valence-electron chi connectivity index (χ1n) is 9.22. The van der Waals surface area contributed by atoms with Gasteiger partial charge >= 0.3 is 12.0 Å². The Labute approximate surface area is 153 Å². The van der Waals surface area contributed by atoms with Crippen LogP contribution in [0.5, 0.6) is 0 Å². The first-order chi connectivity index (χ1) is 12.0. The van der Waals surface area contributed by atoms with Gasteiger partial charge < -0.3 is 21.1 Å². The minimum Gasteiger partial charge on any atom is -0.480 e. The highest BCUT2D eigenvalue weighted by Crippen LogP contribution is 2.33. The van der Waals surface area contributed by atoms with Gasteiger partial charge in [0.05, 0.1) is 12.1 Å². The minimum absolute atomic E-state index is 0.0811. The first kappa shape index (κ1) is 19.9. The summed E-state index contributed by atoms with van der Waals surface area (Å²) in [4.78, 5) is 34.5. The van der Waals surface area contributed by atoms with Crippen molar-refractivity contribution in [2.45, 2.75) is 81.7 Å². The largest absolute Gasteiger partial charge is 0.480 e. The molecule has 0 saturated carbocycles. The number of urea groups is 1. The highest BCUT2D eigenvalue weighted by atomic mass is 32.2. The van der Waals surface area contributed by atoms with E-state index in [4.69, 9.17) is 0 Å². The molecule has 7 nitrogen and oxygen atoms in total. The van der Waals surface area contributed by atoms with E-state index in [9.17, 15) is 19.5 Å². The van der Waals surface area contributed by atoms with Gasteiger partial charge in [-0.05, 0) is 19.3 Å². The summed E-state index contributed by atoms with van der Waals surface area (Å²) in [7, 11) is 0. The van der Waals surface area contributed by atoms with E-state index >= 15 is 0 Å². The van der Waals surface area contributed by atoms with E-state index in [-0.39, 0.29) is 24.0 Å². The van der Waals surface area contributed by atoms with Gasteiger partial charge in [0, 0.05) is 17.4 Å². The molecule has 2 fully saturated rings. The van der Waals surface area contributed by atoms with E-state index in [0.717, 1.165) is 44.3 Å². The Morgan fingerprint density at radius 1 is 1.28 bits per heavy atom. The fourth-order valence-electron chi connectivity index (χ4n) is 3.40. The lowest BCUT2D eigenvalue weighted by atomic mass is 10.0. The minimum atomic E-state index is -0.956. The molecule has 0 aliphatic carbocycles. The Balaban J connectivity index is 1.61. The summed E-state index contributed by atoms with van der Waals surface area (Å²) >= 11 is 1.87. The van der Waals surface area contributed by atoms with Gasteiger partial charge in [-0.15, -0.1) is 0 Å². The second-order valence-electron chi connectivity index (χ2n) is 6.82. The van der Waals surface area contributed by atoms with E-state index in [1.54, 1.807) is 0 Å². The van der Waals surface area contributed by atoms with Gasteiger partial charge in [-0.1, -0.05) is 32.6 Å². The zero-order chi connectivity index (χ0) is 18.2. The molecule has 0 aromatic carbocycles. The number of hydrogen-bond donors (Lipinski definition) is 4. The Bertz CT molecular complexity index is 489. The van der Waals surface area contributed by atoms with Gasteiger partial charge in [0.1, 0.15) is 6.04 Å². The second-order valence-corrected chi connectivity index (χ2v) is 8.09. The van der Waals surface area contributed by atoms with Gasteiger partial charge in [0.2, 0.25) is 5.91 Å². The predicted octanol–water partition coefficient (Wildman–Crippen LogP) is 1.86. The number of nitrogens with one attached hydrogen (secondary N) is 3. The Morgan fingerprint density at radius 3 is 2.80 bits per heavy atom. The molecule has 2 rings (SSSR count). The van der Waals surface area contributed by atoms with Crippen molar-refractivity contribution in [3.63, 3.8) is 0 Å². The van der Waals surface area contributed by atoms with Gasteiger partial charge in [-0.2, -0.15) is 11.8 Å². The van der Waals surface area contributed by atoms with Crippen LogP contribution in [0.1, 0.15) is 58.3 Å². The zero-order valence-corrected chi connectivity index (χ0v) is 15.6. The summed E-state index contributed by atoms with van der Waals surface area (Å²) in [5.41, 5.74) is 0. The number of carbonyl (C=O) groups is 3. The molecule has 2 aliphatic rings. The maximum absolute atomic E-state index is 12.0. The summed E-state index contributed by atoms with van der Waals surface area (Å²) in [6, 6.07) is -0.432. The maximum Gasteiger partial charge on any atom is 0.326 e. The summed E-state index contributed by atoms with van der Waals surface area (Å²) in [6.07, 6.45) is 6.26. The van der Waals surface area contributed by atoms with Gasteiger partial charge in [0.15, 0.2) is 0 Å². The number of unbranched alkanes of at least 4 members (excludes halogenated alkanes) is 3. The van der Waals surface area contributed by atoms with Crippen LogP contribution in [0.15, 0.2) is 0 Å². The maximum atomic E-state index is 12.0. The third-order valence-corrected chi connectivity index (χ3v) is 6.32. The zero-order valence-electron chi connectivity index (χ0n) is 14.8. The van der Waals surface area contributed by atoms with Gasteiger partial charge in [0.25, 0.3) is 0 Å². The molecule has 0 radical (unpaired) electrons. The van der Waals surface area contributed by atoms with Crippen molar-refractivity contribution in [2.75, 3.05) is 5.75 Å². The molecule has 4 atom stereocenters. The number of rotatable bonds is 11. The number of carboxylic acid groups (broad SMARTS) is 1. The SMILES string of the molecule is CCCCCC(NC(=O)CCCC[C@@H]1SC[C@@H]2NC(=O)N[C@@H]21)C(=O)O. The molecular formula is C17H29N3O4S. The Hall–Kier alpha value is -1.44. The number of amides is 3. The van der Waals surface area contributed by atoms with E-state index in [0.29, 0.717) is 18.1 Å². The Kier molecular flexibility index (Phi) is 7.87. The van der Waals surface area contributed by atoms with Crippen LogP contribution < -0.4 is 16.0 Å². The van der Waals surface area contributed by atoms with E-state index < -0.39 is 12.0 Å². The molecule has 0 spiro atoms. The van der Waals surface area contributed by atoms with Crippen molar-refractivity contribution in [1.29, 1.82) is 0 Å². The summed E-state index contributed by atoms with van der Waals surface area (Å²) < 4.78 is 0. The molecule has 4 N–H and O–H groups in total. The van der Waals surface area contributed by atoms with Gasteiger partial charge in [-0.25, -0.2) is 9.59 Å². The number of carboxylic acids is 1.